The van der Waals surface area contributed by atoms with Crippen molar-refractivity contribution in [1.82, 2.24) is 9.78 Å². The van der Waals surface area contributed by atoms with Crippen LogP contribution in [0.15, 0.2) is 24.4 Å². The maximum atomic E-state index is 14.0. The van der Waals surface area contributed by atoms with Gasteiger partial charge in [-0.2, -0.15) is 5.10 Å². The fraction of sp³-hybridized carbons (Fsp3) is 0.167. The Kier molecular flexibility index (Phi) is 2.67. The maximum Gasteiger partial charge on any atom is 0.338 e. The van der Waals surface area contributed by atoms with E-state index in [4.69, 9.17) is 5.11 Å². The lowest BCUT2D eigenvalue weighted by Crippen LogP contribution is -2.01. The molecule has 0 amide bonds. The standard InChI is InChI=1S/C12H11FN2O2/c1-7-10(6-15(2)14-7)8-4-3-5-9(11(8)13)12(16)17/h3-6H,1-2H3,(H,16,17). The highest BCUT2D eigenvalue weighted by Gasteiger charge is 2.17. The summed E-state index contributed by atoms with van der Waals surface area (Å²) < 4.78 is 15.5. The van der Waals surface area contributed by atoms with Gasteiger partial charge in [0.15, 0.2) is 0 Å². The van der Waals surface area contributed by atoms with Crippen LogP contribution in [0.2, 0.25) is 0 Å². The second kappa shape index (κ2) is 4.01. The van der Waals surface area contributed by atoms with Gasteiger partial charge in [0.1, 0.15) is 5.82 Å². The van der Waals surface area contributed by atoms with Gasteiger partial charge in [0.2, 0.25) is 0 Å². The molecule has 0 spiro atoms. The van der Waals surface area contributed by atoms with Crippen LogP contribution in [0.5, 0.6) is 0 Å². The molecule has 2 aromatic rings. The summed E-state index contributed by atoms with van der Waals surface area (Å²) in [5.74, 6) is -2.00. The minimum absolute atomic E-state index is 0.260. The fourth-order valence-electron chi connectivity index (χ4n) is 1.77. The first-order chi connectivity index (χ1) is 8.00. The Morgan fingerprint density at radius 3 is 2.65 bits per heavy atom. The number of benzene rings is 1. The van der Waals surface area contributed by atoms with Crippen LogP contribution < -0.4 is 0 Å². The van der Waals surface area contributed by atoms with Gasteiger partial charge in [-0.05, 0) is 13.0 Å². The first kappa shape index (κ1) is 11.3. The Morgan fingerprint density at radius 2 is 2.12 bits per heavy atom. The van der Waals surface area contributed by atoms with E-state index in [1.807, 2.05) is 0 Å². The lowest BCUT2D eigenvalue weighted by molar-refractivity contribution is 0.0692. The van der Waals surface area contributed by atoms with E-state index in [0.717, 1.165) is 0 Å². The van der Waals surface area contributed by atoms with Crippen LogP contribution in [0.1, 0.15) is 16.1 Å². The molecule has 0 aliphatic heterocycles. The Balaban J connectivity index is 2.64. The normalized spacial score (nSPS) is 10.5. The number of aromatic carboxylic acids is 1. The van der Waals surface area contributed by atoms with Gasteiger partial charge in [-0.3, -0.25) is 4.68 Å². The monoisotopic (exact) mass is 234 g/mol. The summed E-state index contributed by atoms with van der Waals surface area (Å²) in [5.41, 5.74) is 1.20. The molecule has 5 heteroatoms. The van der Waals surface area contributed by atoms with Crippen LogP contribution in [-0.4, -0.2) is 20.9 Å². The topological polar surface area (TPSA) is 55.1 Å². The van der Waals surface area contributed by atoms with Crippen LogP contribution in [0.25, 0.3) is 11.1 Å². The summed E-state index contributed by atoms with van der Waals surface area (Å²) >= 11 is 0. The number of aryl methyl sites for hydroxylation is 2. The van der Waals surface area contributed by atoms with E-state index >= 15 is 0 Å². The van der Waals surface area contributed by atoms with Crippen molar-refractivity contribution in [3.63, 3.8) is 0 Å². The van der Waals surface area contributed by atoms with E-state index in [1.54, 1.807) is 30.9 Å². The number of carboxylic acids is 1. The minimum Gasteiger partial charge on any atom is -0.478 e. The molecule has 0 radical (unpaired) electrons. The molecule has 1 N–H and O–H groups in total. The first-order valence-electron chi connectivity index (χ1n) is 5.03. The zero-order valence-electron chi connectivity index (χ0n) is 9.44. The highest BCUT2D eigenvalue weighted by atomic mass is 19.1. The Bertz CT molecular complexity index is 590. The molecule has 4 nitrogen and oxygen atoms in total. The van der Waals surface area contributed by atoms with Crippen molar-refractivity contribution < 1.29 is 14.3 Å². The minimum atomic E-state index is -1.27. The summed E-state index contributed by atoms with van der Waals surface area (Å²) in [6.07, 6.45) is 1.67. The van der Waals surface area contributed by atoms with Crippen molar-refractivity contribution in [3.05, 3.63) is 41.5 Å². The van der Waals surface area contributed by atoms with E-state index < -0.39 is 11.8 Å². The number of hydrogen-bond donors (Lipinski definition) is 1. The van der Waals surface area contributed by atoms with Crippen molar-refractivity contribution >= 4 is 5.97 Å². The maximum absolute atomic E-state index is 14.0. The second-order valence-corrected chi connectivity index (χ2v) is 3.77. The van der Waals surface area contributed by atoms with Gasteiger partial charge in [0.25, 0.3) is 0 Å². The molecule has 0 saturated carbocycles. The number of carboxylic acid groups (broad SMARTS) is 1. The predicted molar refractivity (Wildman–Crippen MR) is 60.3 cm³/mol. The molecule has 0 aliphatic rings. The third kappa shape index (κ3) is 1.91. The zero-order chi connectivity index (χ0) is 12.6. The van der Waals surface area contributed by atoms with Crippen molar-refractivity contribution in [2.45, 2.75) is 6.92 Å². The van der Waals surface area contributed by atoms with Gasteiger partial charge in [-0.1, -0.05) is 12.1 Å². The van der Waals surface area contributed by atoms with Gasteiger partial charge in [0, 0.05) is 24.4 Å². The zero-order valence-corrected chi connectivity index (χ0v) is 9.44. The van der Waals surface area contributed by atoms with E-state index in [2.05, 4.69) is 5.10 Å². The van der Waals surface area contributed by atoms with Gasteiger partial charge >= 0.3 is 5.97 Å². The molecular formula is C12H11FN2O2. The fourth-order valence-corrected chi connectivity index (χ4v) is 1.77. The van der Waals surface area contributed by atoms with Crippen molar-refractivity contribution in [1.29, 1.82) is 0 Å². The second-order valence-electron chi connectivity index (χ2n) is 3.77. The summed E-state index contributed by atoms with van der Waals surface area (Å²) in [7, 11) is 1.73. The summed E-state index contributed by atoms with van der Waals surface area (Å²) in [6, 6.07) is 4.31. The summed E-state index contributed by atoms with van der Waals surface area (Å²) in [6.45, 7) is 1.75. The van der Waals surface area contributed by atoms with Crippen molar-refractivity contribution in [3.8, 4) is 11.1 Å². The van der Waals surface area contributed by atoms with Gasteiger partial charge < -0.3 is 5.11 Å². The molecule has 1 aromatic carbocycles. The molecule has 1 heterocycles. The molecule has 0 fully saturated rings. The Labute approximate surface area is 97.3 Å². The van der Waals surface area contributed by atoms with Crippen molar-refractivity contribution in [2.24, 2.45) is 7.05 Å². The molecular weight excluding hydrogens is 223 g/mol. The average molecular weight is 234 g/mol. The van der Waals surface area contributed by atoms with Crippen LogP contribution in [-0.2, 0) is 7.05 Å². The smallest absolute Gasteiger partial charge is 0.338 e. The molecule has 88 valence electrons. The molecule has 17 heavy (non-hydrogen) atoms. The molecule has 0 unspecified atom stereocenters. The quantitative estimate of drug-likeness (QED) is 0.866. The van der Waals surface area contributed by atoms with Crippen LogP contribution >= 0.6 is 0 Å². The van der Waals surface area contributed by atoms with Gasteiger partial charge in [0.05, 0.1) is 11.3 Å². The third-order valence-corrected chi connectivity index (χ3v) is 2.53. The molecule has 2 rings (SSSR count). The number of carbonyl (C=O) groups is 1. The van der Waals surface area contributed by atoms with E-state index in [9.17, 15) is 9.18 Å². The van der Waals surface area contributed by atoms with E-state index in [0.29, 0.717) is 11.3 Å². The van der Waals surface area contributed by atoms with Crippen LogP contribution in [0.4, 0.5) is 4.39 Å². The number of rotatable bonds is 2. The predicted octanol–water partition coefficient (Wildman–Crippen LogP) is 2.23. The molecule has 1 aromatic heterocycles. The average Bonchev–Trinajstić information content (AvgIpc) is 2.57. The number of aromatic nitrogens is 2. The lowest BCUT2D eigenvalue weighted by Gasteiger charge is -2.04. The molecule has 0 saturated heterocycles. The number of hydrogen-bond acceptors (Lipinski definition) is 2. The molecule has 0 aliphatic carbocycles. The van der Waals surface area contributed by atoms with Gasteiger partial charge in [-0.25, -0.2) is 9.18 Å². The number of nitrogens with zero attached hydrogens (tertiary/aromatic N) is 2. The Hall–Kier alpha value is -2.17. The van der Waals surface area contributed by atoms with Gasteiger partial charge in [-0.15, -0.1) is 0 Å². The SMILES string of the molecule is Cc1nn(C)cc1-c1cccc(C(=O)O)c1F. The van der Waals surface area contributed by atoms with Crippen LogP contribution in [0.3, 0.4) is 0 Å². The first-order valence-corrected chi connectivity index (χ1v) is 5.03. The molecule has 0 atom stereocenters. The summed E-state index contributed by atoms with van der Waals surface area (Å²) in [5, 5.41) is 13.0. The Morgan fingerprint density at radius 1 is 1.41 bits per heavy atom. The largest absolute Gasteiger partial charge is 0.478 e. The highest BCUT2D eigenvalue weighted by Crippen LogP contribution is 2.27. The van der Waals surface area contributed by atoms with E-state index in [-0.39, 0.29) is 11.1 Å². The lowest BCUT2D eigenvalue weighted by atomic mass is 10.0. The highest BCUT2D eigenvalue weighted by molar-refractivity contribution is 5.90. The summed E-state index contributed by atoms with van der Waals surface area (Å²) in [4.78, 5) is 10.8. The van der Waals surface area contributed by atoms with Crippen molar-refractivity contribution in [2.75, 3.05) is 0 Å². The van der Waals surface area contributed by atoms with Crippen LogP contribution in [0, 0.1) is 12.7 Å². The van der Waals surface area contributed by atoms with E-state index in [1.165, 1.54) is 12.1 Å². The third-order valence-electron chi connectivity index (χ3n) is 2.53. The number of halogens is 1. The molecule has 0 bridgehead atoms.